The van der Waals surface area contributed by atoms with E-state index in [2.05, 4.69) is 52.5 Å². The van der Waals surface area contributed by atoms with Gasteiger partial charge in [0.1, 0.15) is 17.3 Å². The summed E-state index contributed by atoms with van der Waals surface area (Å²) < 4.78 is 3.33. The lowest BCUT2D eigenvalue weighted by atomic mass is 10.1. The summed E-state index contributed by atoms with van der Waals surface area (Å²) in [6, 6.07) is 6.30. The smallest absolute Gasteiger partial charge is 0.131 e. The van der Waals surface area contributed by atoms with Crippen LogP contribution in [0.2, 0.25) is 0 Å². The topological polar surface area (TPSA) is 43.8 Å². The molecular weight excluding hydrogens is 314 g/mol. The first kappa shape index (κ1) is 13.7. The molecule has 2 aromatic rings. The van der Waals surface area contributed by atoms with E-state index in [0.29, 0.717) is 5.92 Å². The van der Waals surface area contributed by atoms with Gasteiger partial charge in [0.2, 0.25) is 0 Å². The Morgan fingerprint density at radius 1 is 1.40 bits per heavy atom. The molecule has 0 amide bonds. The first-order chi connectivity index (χ1) is 9.61. The number of imidazole rings is 1. The Labute approximate surface area is 128 Å². The predicted molar refractivity (Wildman–Crippen MR) is 86.8 cm³/mol. The summed E-state index contributed by atoms with van der Waals surface area (Å²) in [5.74, 6) is 2.62. The summed E-state index contributed by atoms with van der Waals surface area (Å²) >= 11 is 3.54. The van der Waals surface area contributed by atoms with E-state index in [9.17, 15) is 0 Å². The highest BCUT2D eigenvalue weighted by Gasteiger charge is 2.30. The molecule has 0 radical (unpaired) electrons. The van der Waals surface area contributed by atoms with Crippen molar-refractivity contribution < 1.29 is 0 Å². The van der Waals surface area contributed by atoms with E-state index < -0.39 is 0 Å². The van der Waals surface area contributed by atoms with Gasteiger partial charge >= 0.3 is 0 Å². The second kappa shape index (κ2) is 5.24. The molecule has 0 unspecified atom stereocenters. The van der Waals surface area contributed by atoms with E-state index in [1.165, 1.54) is 24.2 Å². The Kier molecular flexibility index (Phi) is 3.59. The molecule has 20 heavy (non-hydrogen) atoms. The molecule has 2 N–H and O–H groups in total. The van der Waals surface area contributed by atoms with Crippen molar-refractivity contribution in [2.45, 2.75) is 45.6 Å². The normalized spacial score (nSPS) is 14.8. The van der Waals surface area contributed by atoms with Crippen molar-refractivity contribution in [1.82, 2.24) is 9.55 Å². The molecule has 0 spiro atoms. The van der Waals surface area contributed by atoms with Gasteiger partial charge in [-0.25, -0.2) is 4.98 Å². The summed E-state index contributed by atoms with van der Waals surface area (Å²) in [4.78, 5) is 4.85. The van der Waals surface area contributed by atoms with Crippen molar-refractivity contribution in [3.8, 4) is 11.3 Å². The van der Waals surface area contributed by atoms with E-state index in [-0.39, 0.29) is 0 Å². The zero-order chi connectivity index (χ0) is 14.3. The molecule has 3 rings (SSSR count). The molecule has 1 aromatic heterocycles. The van der Waals surface area contributed by atoms with Crippen molar-refractivity contribution in [3.05, 3.63) is 34.1 Å². The quantitative estimate of drug-likeness (QED) is 0.895. The highest BCUT2D eigenvalue weighted by Crippen LogP contribution is 2.42. The number of benzene rings is 1. The van der Waals surface area contributed by atoms with Gasteiger partial charge in [-0.2, -0.15) is 0 Å². The fourth-order valence-electron chi connectivity index (χ4n) is 2.60. The Balaban J connectivity index is 2.08. The van der Waals surface area contributed by atoms with Crippen LogP contribution in [0.1, 0.15) is 43.5 Å². The van der Waals surface area contributed by atoms with Crippen LogP contribution in [0.5, 0.6) is 0 Å². The number of aryl methyl sites for hydroxylation is 1. The van der Waals surface area contributed by atoms with Crippen LogP contribution in [0.3, 0.4) is 0 Å². The number of nitrogens with zero attached hydrogens (tertiary/aromatic N) is 2. The van der Waals surface area contributed by atoms with Crippen LogP contribution in [0.15, 0.2) is 22.7 Å². The SMILES string of the molecule is CCCn1c(C2CC2)nc(-c2ccc(Br)c(C)c2)c1N. The third-order valence-electron chi connectivity index (χ3n) is 3.86. The number of anilines is 1. The van der Waals surface area contributed by atoms with Crippen LogP contribution in [-0.4, -0.2) is 9.55 Å². The fourth-order valence-corrected chi connectivity index (χ4v) is 2.85. The summed E-state index contributed by atoms with van der Waals surface area (Å²) in [7, 11) is 0. The van der Waals surface area contributed by atoms with Gasteiger partial charge in [0, 0.05) is 22.5 Å². The predicted octanol–water partition coefficient (Wildman–Crippen LogP) is 4.49. The second-order valence-electron chi connectivity index (χ2n) is 5.59. The Morgan fingerprint density at radius 3 is 2.75 bits per heavy atom. The molecular formula is C16H20BrN3. The zero-order valence-corrected chi connectivity index (χ0v) is 13.6. The molecule has 0 aliphatic heterocycles. The lowest BCUT2D eigenvalue weighted by Gasteiger charge is -2.07. The molecule has 1 aromatic carbocycles. The molecule has 1 aliphatic rings. The van der Waals surface area contributed by atoms with Crippen molar-refractivity contribution in [3.63, 3.8) is 0 Å². The van der Waals surface area contributed by atoms with Gasteiger partial charge in [-0.1, -0.05) is 28.9 Å². The molecule has 1 aliphatic carbocycles. The Bertz CT molecular complexity index is 641. The lowest BCUT2D eigenvalue weighted by Crippen LogP contribution is -2.06. The third kappa shape index (κ3) is 2.37. The fraction of sp³-hybridized carbons (Fsp3) is 0.438. The molecule has 3 nitrogen and oxygen atoms in total. The molecule has 4 heteroatoms. The van der Waals surface area contributed by atoms with Gasteiger partial charge in [0.05, 0.1) is 0 Å². The van der Waals surface area contributed by atoms with Gasteiger partial charge in [-0.05, 0) is 43.9 Å². The van der Waals surface area contributed by atoms with E-state index in [0.717, 1.165) is 34.5 Å². The number of halogens is 1. The first-order valence-corrected chi connectivity index (χ1v) is 8.03. The average molecular weight is 334 g/mol. The molecule has 1 fully saturated rings. The minimum absolute atomic E-state index is 0.620. The van der Waals surface area contributed by atoms with E-state index in [4.69, 9.17) is 10.7 Å². The van der Waals surface area contributed by atoms with Crippen molar-refractivity contribution in [2.24, 2.45) is 0 Å². The zero-order valence-electron chi connectivity index (χ0n) is 12.0. The van der Waals surface area contributed by atoms with Gasteiger partial charge < -0.3 is 10.3 Å². The molecule has 106 valence electrons. The van der Waals surface area contributed by atoms with Gasteiger partial charge in [0.25, 0.3) is 0 Å². The molecule has 0 atom stereocenters. The van der Waals surface area contributed by atoms with Crippen LogP contribution >= 0.6 is 15.9 Å². The molecule has 1 saturated carbocycles. The summed E-state index contributed by atoms with van der Waals surface area (Å²) in [6.45, 7) is 5.23. The van der Waals surface area contributed by atoms with Crippen LogP contribution in [0.4, 0.5) is 5.82 Å². The van der Waals surface area contributed by atoms with Crippen LogP contribution in [0, 0.1) is 6.92 Å². The maximum absolute atomic E-state index is 6.36. The summed E-state index contributed by atoms with van der Waals surface area (Å²) in [5, 5.41) is 0. The second-order valence-corrected chi connectivity index (χ2v) is 6.45. The minimum atomic E-state index is 0.620. The first-order valence-electron chi connectivity index (χ1n) is 7.24. The standard InChI is InChI=1S/C16H20BrN3/c1-3-8-20-15(18)14(19-16(20)11-4-5-11)12-6-7-13(17)10(2)9-12/h6-7,9,11H,3-5,8,18H2,1-2H3. The van der Waals surface area contributed by atoms with Crippen LogP contribution < -0.4 is 5.73 Å². The summed E-state index contributed by atoms with van der Waals surface area (Å²) in [6.07, 6.45) is 3.58. The van der Waals surface area contributed by atoms with E-state index in [1.54, 1.807) is 0 Å². The monoisotopic (exact) mass is 333 g/mol. The lowest BCUT2D eigenvalue weighted by molar-refractivity contribution is 0.646. The van der Waals surface area contributed by atoms with Gasteiger partial charge in [-0.3, -0.25) is 0 Å². The number of rotatable bonds is 4. The Hall–Kier alpha value is -1.29. The van der Waals surface area contributed by atoms with Crippen LogP contribution in [0.25, 0.3) is 11.3 Å². The number of aromatic nitrogens is 2. The van der Waals surface area contributed by atoms with Crippen molar-refractivity contribution in [2.75, 3.05) is 5.73 Å². The maximum Gasteiger partial charge on any atom is 0.131 e. The highest BCUT2D eigenvalue weighted by molar-refractivity contribution is 9.10. The highest BCUT2D eigenvalue weighted by atomic mass is 79.9. The maximum atomic E-state index is 6.36. The molecule has 0 bridgehead atoms. The Morgan fingerprint density at radius 2 is 2.15 bits per heavy atom. The largest absolute Gasteiger partial charge is 0.383 e. The minimum Gasteiger partial charge on any atom is -0.383 e. The molecule has 1 heterocycles. The number of nitrogens with two attached hydrogens (primary N) is 1. The average Bonchev–Trinajstić information content (AvgIpc) is 3.21. The number of hydrogen-bond acceptors (Lipinski definition) is 2. The number of hydrogen-bond donors (Lipinski definition) is 1. The third-order valence-corrected chi connectivity index (χ3v) is 4.75. The van der Waals surface area contributed by atoms with Crippen molar-refractivity contribution in [1.29, 1.82) is 0 Å². The van der Waals surface area contributed by atoms with Crippen molar-refractivity contribution >= 4 is 21.7 Å². The van der Waals surface area contributed by atoms with Crippen LogP contribution in [-0.2, 0) is 6.54 Å². The van der Waals surface area contributed by atoms with E-state index >= 15 is 0 Å². The number of nitrogen functional groups attached to an aromatic ring is 1. The van der Waals surface area contributed by atoms with Gasteiger partial charge in [0.15, 0.2) is 0 Å². The summed E-state index contributed by atoms with van der Waals surface area (Å²) in [5.41, 5.74) is 9.62. The van der Waals surface area contributed by atoms with Gasteiger partial charge in [-0.15, -0.1) is 0 Å². The molecule has 0 saturated heterocycles. The van der Waals surface area contributed by atoms with E-state index in [1.807, 2.05) is 0 Å².